The maximum atomic E-state index is 12.8. The monoisotopic (exact) mass is 368 g/mol. The van der Waals surface area contributed by atoms with Crippen LogP contribution in [0.5, 0.6) is 0 Å². The molecule has 142 valence electrons. The van der Waals surface area contributed by atoms with Crippen molar-refractivity contribution in [3.8, 4) is 6.07 Å². The Kier molecular flexibility index (Phi) is 5.55. The number of carbonyl (C=O) groups is 1. The predicted molar refractivity (Wildman–Crippen MR) is 90.4 cm³/mol. The lowest BCUT2D eigenvalue weighted by Crippen LogP contribution is -2.46. The van der Waals surface area contributed by atoms with Crippen molar-refractivity contribution in [2.24, 2.45) is 0 Å². The van der Waals surface area contributed by atoms with Crippen LogP contribution in [0.2, 0.25) is 0 Å². The first-order valence-corrected chi connectivity index (χ1v) is 8.49. The van der Waals surface area contributed by atoms with Gasteiger partial charge >= 0.3 is 12.3 Å². The van der Waals surface area contributed by atoms with Crippen LogP contribution in [-0.4, -0.2) is 29.7 Å². The first-order chi connectivity index (χ1) is 12.0. The Morgan fingerprint density at radius 1 is 1.19 bits per heavy atom. The van der Waals surface area contributed by atoms with Gasteiger partial charge in [-0.25, -0.2) is 4.79 Å². The van der Waals surface area contributed by atoms with Crippen LogP contribution < -0.4 is 0 Å². The van der Waals surface area contributed by atoms with Gasteiger partial charge in [-0.15, -0.1) is 0 Å². The van der Waals surface area contributed by atoms with Crippen LogP contribution in [0.3, 0.4) is 0 Å². The molecule has 26 heavy (non-hydrogen) atoms. The SMILES string of the molecule is CC(C)(C)OC(=O)N1CCC(CC#N)(c2ccc(C(F)(F)F)cc2)CC1. The molecule has 0 spiro atoms. The molecule has 1 aromatic carbocycles. The number of nitrogens with zero attached hydrogens (tertiary/aromatic N) is 2. The number of nitriles is 1. The number of halogens is 3. The lowest BCUT2D eigenvalue weighted by atomic mass is 9.70. The van der Waals surface area contributed by atoms with Crippen LogP contribution in [0.25, 0.3) is 0 Å². The minimum Gasteiger partial charge on any atom is -0.444 e. The molecular formula is C19H23F3N2O2. The highest BCUT2D eigenvalue weighted by Crippen LogP contribution is 2.40. The molecule has 1 amide bonds. The second kappa shape index (κ2) is 7.18. The fraction of sp³-hybridized carbons (Fsp3) is 0.579. The molecule has 0 radical (unpaired) electrons. The van der Waals surface area contributed by atoms with Crippen molar-refractivity contribution >= 4 is 6.09 Å². The van der Waals surface area contributed by atoms with Crippen molar-refractivity contribution in [3.63, 3.8) is 0 Å². The predicted octanol–water partition coefficient (Wildman–Crippen LogP) is 4.89. The molecular weight excluding hydrogens is 345 g/mol. The van der Waals surface area contributed by atoms with E-state index in [1.165, 1.54) is 12.1 Å². The van der Waals surface area contributed by atoms with E-state index in [0.717, 1.165) is 12.1 Å². The number of piperidine rings is 1. The summed E-state index contributed by atoms with van der Waals surface area (Å²) in [4.78, 5) is 13.8. The molecule has 1 fully saturated rings. The number of ether oxygens (including phenoxy) is 1. The maximum absolute atomic E-state index is 12.8. The molecule has 0 atom stereocenters. The van der Waals surface area contributed by atoms with Gasteiger partial charge in [0.25, 0.3) is 0 Å². The zero-order chi connectivity index (χ0) is 19.6. The minimum absolute atomic E-state index is 0.195. The molecule has 0 aromatic heterocycles. The number of rotatable bonds is 2. The van der Waals surface area contributed by atoms with E-state index in [9.17, 15) is 23.2 Å². The molecule has 1 saturated heterocycles. The fourth-order valence-corrected chi connectivity index (χ4v) is 3.18. The minimum atomic E-state index is -4.39. The lowest BCUT2D eigenvalue weighted by molar-refractivity contribution is -0.137. The summed E-state index contributed by atoms with van der Waals surface area (Å²) in [5.41, 5.74) is -1.14. The molecule has 4 nitrogen and oxygen atoms in total. The van der Waals surface area contributed by atoms with Gasteiger partial charge < -0.3 is 9.64 Å². The van der Waals surface area contributed by atoms with E-state index in [2.05, 4.69) is 6.07 Å². The van der Waals surface area contributed by atoms with Crippen LogP contribution >= 0.6 is 0 Å². The molecule has 0 aliphatic carbocycles. The number of alkyl halides is 3. The van der Waals surface area contributed by atoms with Gasteiger partial charge in [0, 0.05) is 24.9 Å². The summed E-state index contributed by atoms with van der Waals surface area (Å²) >= 11 is 0. The molecule has 1 aromatic rings. The number of hydrogen-bond donors (Lipinski definition) is 0. The van der Waals surface area contributed by atoms with E-state index in [4.69, 9.17) is 4.74 Å². The van der Waals surface area contributed by atoms with Crippen LogP contribution in [0.15, 0.2) is 24.3 Å². The Morgan fingerprint density at radius 2 is 1.73 bits per heavy atom. The van der Waals surface area contributed by atoms with Gasteiger partial charge in [-0.05, 0) is 51.3 Å². The van der Waals surface area contributed by atoms with E-state index in [-0.39, 0.29) is 6.42 Å². The Balaban J connectivity index is 2.15. The van der Waals surface area contributed by atoms with E-state index in [0.29, 0.717) is 31.5 Å². The third kappa shape index (κ3) is 4.69. The largest absolute Gasteiger partial charge is 0.444 e. The molecule has 0 N–H and O–H groups in total. The highest BCUT2D eigenvalue weighted by atomic mass is 19.4. The number of hydrogen-bond acceptors (Lipinski definition) is 3. The molecule has 1 heterocycles. The topological polar surface area (TPSA) is 53.3 Å². The number of benzene rings is 1. The summed E-state index contributed by atoms with van der Waals surface area (Å²) in [5, 5.41) is 9.22. The second-order valence-corrected chi connectivity index (χ2v) is 7.66. The second-order valence-electron chi connectivity index (χ2n) is 7.66. The average Bonchev–Trinajstić information content (AvgIpc) is 2.53. The molecule has 1 aliphatic rings. The summed E-state index contributed by atoms with van der Waals surface area (Å²) < 4.78 is 43.7. The van der Waals surface area contributed by atoms with Gasteiger partial charge in [0.15, 0.2) is 0 Å². The molecule has 0 unspecified atom stereocenters. The van der Waals surface area contributed by atoms with Crippen molar-refractivity contribution in [2.45, 2.75) is 57.2 Å². The van der Waals surface area contributed by atoms with Gasteiger partial charge in [0.2, 0.25) is 0 Å². The Hall–Kier alpha value is -2.23. The number of likely N-dealkylation sites (tertiary alicyclic amines) is 1. The van der Waals surface area contributed by atoms with Crippen LogP contribution in [-0.2, 0) is 16.3 Å². The van der Waals surface area contributed by atoms with Gasteiger partial charge in [-0.2, -0.15) is 18.4 Å². The standard InChI is InChI=1S/C19H23F3N2O2/c1-17(2,3)26-16(25)24-12-9-18(8-11-23,10-13-24)14-4-6-15(7-5-14)19(20,21)22/h4-7H,8-10,12-13H2,1-3H3. The average molecular weight is 368 g/mol. The van der Waals surface area contributed by atoms with Crippen molar-refractivity contribution in [1.29, 1.82) is 5.26 Å². The van der Waals surface area contributed by atoms with Crippen molar-refractivity contribution < 1.29 is 22.7 Å². The van der Waals surface area contributed by atoms with Crippen LogP contribution in [0.4, 0.5) is 18.0 Å². The Bertz CT molecular complexity index is 677. The van der Waals surface area contributed by atoms with Gasteiger partial charge in [0.1, 0.15) is 5.60 Å². The lowest BCUT2D eigenvalue weighted by Gasteiger charge is -2.41. The first kappa shape index (κ1) is 20.1. The normalized spacial score (nSPS) is 17.5. The number of amides is 1. The third-order valence-electron chi connectivity index (χ3n) is 4.61. The molecule has 0 bridgehead atoms. The van der Waals surface area contributed by atoms with E-state index in [1.54, 1.807) is 25.7 Å². The summed E-state index contributed by atoms with van der Waals surface area (Å²) in [5.74, 6) is 0. The smallest absolute Gasteiger partial charge is 0.416 e. The van der Waals surface area contributed by atoms with E-state index >= 15 is 0 Å². The van der Waals surface area contributed by atoms with E-state index in [1.807, 2.05) is 0 Å². The zero-order valence-electron chi connectivity index (χ0n) is 15.2. The highest BCUT2D eigenvalue weighted by molar-refractivity contribution is 5.68. The summed E-state index contributed by atoms with van der Waals surface area (Å²) in [7, 11) is 0. The molecule has 7 heteroatoms. The molecule has 1 aliphatic heterocycles. The highest BCUT2D eigenvalue weighted by Gasteiger charge is 2.39. The van der Waals surface area contributed by atoms with Crippen LogP contribution in [0, 0.1) is 11.3 Å². The van der Waals surface area contributed by atoms with Crippen molar-refractivity contribution in [2.75, 3.05) is 13.1 Å². The summed E-state index contributed by atoms with van der Waals surface area (Å²) in [6.45, 7) is 6.17. The Labute approximate surface area is 151 Å². The molecule has 0 saturated carbocycles. The first-order valence-electron chi connectivity index (χ1n) is 8.49. The quantitative estimate of drug-likeness (QED) is 0.747. The molecule has 2 rings (SSSR count). The maximum Gasteiger partial charge on any atom is 0.416 e. The van der Waals surface area contributed by atoms with Crippen LogP contribution in [0.1, 0.15) is 51.2 Å². The Morgan fingerprint density at radius 3 is 2.15 bits per heavy atom. The summed E-state index contributed by atoms with van der Waals surface area (Å²) in [6.07, 6.45) is -3.59. The third-order valence-corrected chi connectivity index (χ3v) is 4.61. The summed E-state index contributed by atoms with van der Waals surface area (Å²) in [6, 6.07) is 7.14. The fourth-order valence-electron chi connectivity index (χ4n) is 3.18. The van der Waals surface area contributed by atoms with Gasteiger partial charge in [0.05, 0.1) is 11.6 Å². The van der Waals surface area contributed by atoms with Crippen molar-refractivity contribution in [3.05, 3.63) is 35.4 Å². The van der Waals surface area contributed by atoms with Crippen molar-refractivity contribution in [1.82, 2.24) is 4.90 Å². The zero-order valence-corrected chi connectivity index (χ0v) is 15.2. The number of carbonyl (C=O) groups excluding carboxylic acids is 1. The van der Waals surface area contributed by atoms with Gasteiger partial charge in [-0.1, -0.05) is 12.1 Å². The van der Waals surface area contributed by atoms with E-state index < -0.39 is 28.8 Å². The van der Waals surface area contributed by atoms with Gasteiger partial charge in [-0.3, -0.25) is 0 Å².